The molecule has 106 valence electrons. The molecule has 0 aromatic heterocycles. The standard InChI is InChI=1S/C15H16FNO2S/c1-17(13-6-8-20-10-13)15(19)14-9-12(16)5-4-11(14)3-2-7-18/h4-5,9,13,18H,6-8,10H2,1H3. The van der Waals surface area contributed by atoms with Gasteiger partial charge in [0.15, 0.2) is 0 Å². The van der Waals surface area contributed by atoms with Gasteiger partial charge in [-0.3, -0.25) is 4.79 Å². The largest absolute Gasteiger partial charge is 0.384 e. The Labute approximate surface area is 122 Å². The monoisotopic (exact) mass is 293 g/mol. The topological polar surface area (TPSA) is 40.5 Å². The van der Waals surface area contributed by atoms with Gasteiger partial charge in [-0.2, -0.15) is 11.8 Å². The van der Waals surface area contributed by atoms with E-state index < -0.39 is 5.82 Å². The van der Waals surface area contributed by atoms with Crippen molar-refractivity contribution in [1.29, 1.82) is 0 Å². The Hall–Kier alpha value is -1.51. The van der Waals surface area contributed by atoms with Gasteiger partial charge in [0.25, 0.3) is 5.91 Å². The molecule has 1 aliphatic heterocycles. The number of hydrogen-bond acceptors (Lipinski definition) is 3. The number of amides is 1. The van der Waals surface area contributed by atoms with Gasteiger partial charge >= 0.3 is 0 Å². The highest BCUT2D eigenvalue weighted by Crippen LogP contribution is 2.23. The SMILES string of the molecule is CN(C(=O)c1cc(F)ccc1C#CCO)C1CCSC1. The number of carbonyl (C=O) groups is 1. The zero-order chi connectivity index (χ0) is 14.5. The number of aliphatic hydroxyl groups is 1. The van der Waals surface area contributed by atoms with Crippen molar-refractivity contribution in [2.45, 2.75) is 12.5 Å². The van der Waals surface area contributed by atoms with Gasteiger partial charge in [0.05, 0.1) is 5.56 Å². The summed E-state index contributed by atoms with van der Waals surface area (Å²) in [5.74, 6) is 6.47. The molecule has 1 aromatic carbocycles. The zero-order valence-corrected chi connectivity index (χ0v) is 12.0. The third kappa shape index (κ3) is 3.33. The Kier molecular flexibility index (Phi) is 5.05. The first-order valence-electron chi connectivity index (χ1n) is 6.37. The Bertz CT molecular complexity index is 559. The van der Waals surface area contributed by atoms with E-state index in [0.717, 1.165) is 17.9 Å². The van der Waals surface area contributed by atoms with Gasteiger partial charge in [-0.25, -0.2) is 4.39 Å². The van der Waals surface area contributed by atoms with Gasteiger partial charge in [0, 0.05) is 24.4 Å². The molecule has 1 unspecified atom stereocenters. The minimum atomic E-state index is -0.461. The number of carbonyl (C=O) groups excluding carboxylic acids is 1. The average Bonchev–Trinajstić information content (AvgIpc) is 2.98. The number of halogens is 1. The second-order valence-corrected chi connectivity index (χ2v) is 5.73. The summed E-state index contributed by atoms with van der Waals surface area (Å²) in [7, 11) is 1.74. The Morgan fingerprint density at radius 1 is 1.60 bits per heavy atom. The molecule has 1 fully saturated rings. The van der Waals surface area contributed by atoms with E-state index in [2.05, 4.69) is 11.8 Å². The lowest BCUT2D eigenvalue weighted by Crippen LogP contribution is -2.37. The summed E-state index contributed by atoms with van der Waals surface area (Å²) in [4.78, 5) is 14.2. The number of benzene rings is 1. The summed E-state index contributed by atoms with van der Waals surface area (Å²) < 4.78 is 13.4. The first kappa shape index (κ1) is 14.9. The van der Waals surface area contributed by atoms with Crippen LogP contribution in [0.3, 0.4) is 0 Å². The van der Waals surface area contributed by atoms with E-state index in [-0.39, 0.29) is 24.1 Å². The van der Waals surface area contributed by atoms with Gasteiger partial charge < -0.3 is 10.0 Å². The third-order valence-corrected chi connectivity index (χ3v) is 4.43. The van der Waals surface area contributed by atoms with Crippen LogP contribution in [0.25, 0.3) is 0 Å². The van der Waals surface area contributed by atoms with Crippen LogP contribution in [0.1, 0.15) is 22.3 Å². The van der Waals surface area contributed by atoms with E-state index in [1.807, 2.05) is 11.8 Å². The van der Waals surface area contributed by atoms with E-state index in [0.29, 0.717) is 5.56 Å². The molecule has 0 radical (unpaired) electrons. The predicted molar refractivity (Wildman–Crippen MR) is 78.2 cm³/mol. The second-order valence-electron chi connectivity index (χ2n) is 4.58. The summed E-state index contributed by atoms with van der Waals surface area (Å²) >= 11 is 1.82. The van der Waals surface area contributed by atoms with Crippen LogP contribution in [0.2, 0.25) is 0 Å². The molecule has 1 N–H and O–H groups in total. The van der Waals surface area contributed by atoms with Crippen LogP contribution in [-0.2, 0) is 0 Å². The summed E-state index contributed by atoms with van der Waals surface area (Å²) in [5.41, 5.74) is 0.702. The van der Waals surface area contributed by atoms with Crippen molar-refractivity contribution in [3.05, 3.63) is 35.1 Å². The molecular weight excluding hydrogens is 277 g/mol. The summed E-state index contributed by atoms with van der Waals surface area (Å²) in [5, 5.41) is 8.75. The van der Waals surface area contributed by atoms with Gasteiger partial charge in [-0.05, 0) is 30.4 Å². The molecule has 1 atom stereocenters. The number of aliphatic hydroxyl groups excluding tert-OH is 1. The smallest absolute Gasteiger partial charge is 0.255 e. The van der Waals surface area contributed by atoms with Crippen molar-refractivity contribution in [2.24, 2.45) is 0 Å². The van der Waals surface area contributed by atoms with Crippen LogP contribution in [0.15, 0.2) is 18.2 Å². The lowest BCUT2D eigenvalue weighted by Gasteiger charge is -2.24. The molecular formula is C15H16FNO2S. The Morgan fingerprint density at radius 3 is 3.05 bits per heavy atom. The maximum Gasteiger partial charge on any atom is 0.255 e. The lowest BCUT2D eigenvalue weighted by molar-refractivity contribution is 0.0747. The fraction of sp³-hybridized carbons (Fsp3) is 0.400. The van der Waals surface area contributed by atoms with Gasteiger partial charge in [-0.15, -0.1) is 0 Å². The van der Waals surface area contributed by atoms with E-state index in [1.54, 1.807) is 11.9 Å². The van der Waals surface area contributed by atoms with E-state index in [4.69, 9.17) is 5.11 Å². The molecule has 1 aromatic rings. The zero-order valence-electron chi connectivity index (χ0n) is 11.2. The Balaban J connectivity index is 2.29. The molecule has 2 rings (SSSR count). The van der Waals surface area contributed by atoms with E-state index >= 15 is 0 Å². The molecule has 1 heterocycles. The van der Waals surface area contributed by atoms with Crippen LogP contribution in [0.5, 0.6) is 0 Å². The summed E-state index contributed by atoms with van der Waals surface area (Å²) in [6, 6.07) is 4.14. The predicted octanol–water partition coefficient (Wildman–Crippen LogP) is 1.75. The number of hydrogen-bond donors (Lipinski definition) is 1. The highest BCUT2D eigenvalue weighted by atomic mass is 32.2. The third-order valence-electron chi connectivity index (χ3n) is 3.29. The maximum atomic E-state index is 13.4. The van der Waals surface area contributed by atoms with Gasteiger partial charge in [-0.1, -0.05) is 11.8 Å². The molecule has 0 bridgehead atoms. The number of nitrogens with zero attached hydrogens (tertiary/aromatic N) is 1. The van der Waals surface area contributed by atoms with E-state index in [1.165, 1.54) is 18.2 Å². The highest BCUT2D eigenvalue weighted by Gasteiger charge is 2.26. The van der Waals surface area contributed by atoms with Crippen LogP contribution < -0.4 is 0 Å². The number of rotatable bonds is 2. The minimum Gasteiger partial charge on any atom is -0.384 e. The van der Waals surface area contributed by atoms with Crippen LogP contribution in [0.4, 0.5) is 4.39 Å². The maximum absolute atomic E-state index is 13.4. The normalized spacial score (nSPS) is 17.4. The van der Waals surface area contributed by atoms with Crippen molar-refractivity contribution in [1.82, 2.24) is 4.90 Å². The highest BCUT2D eigenvalue weighted by molar-refractivity contribution is 7.99. The van der Waals surface area contributed by atoms with Crippen molar-refractivity contribution < 1.29 is 14.3 Å². The van der Waals surface area contributed by atoms with Crippen LogP contribution >= 0.6 is 11.8 Å². The molecule has 0 aliphatic carbocycles. The fourth-order valence-electron chi connectivity index (χ4n) is 2.12. The van der Waals surface area contributed by atoms with Crippen molar-refractivity contribution in [3.8, 4) is 11.8 Å². The fourth-order valence-corrected chi connectivity index (χ4v) is 3.39. The molecule has 5 heteroatoms. The molecule has 3 nitrogen and oxygen atoms in total. The minimum absolute atomic E-state index is 0.189. The number of thioether (sulfide) groups is 1. The molecule has 20 heavy (non-hydrogen) atoms. The van der Waals surface area contributed by atoms with Crippen LogP contribution in [0, 0.1) is 17.7 Å². The van der Waals surface area contributed by atoms with Crippen LogP contribution in [-0.4, -0.2) is 47.1 Å². The second kappa shape index (κ2) is 6.78. The molecule has 1 aliphatic rings. The molecule has 1 amide bonds. The van der Waals surface area contributed by atoms with Gasteiger partial charge in [0.1, 0.15) is 12.4 Å². The van der Waals surface area contributed by atoms with E-state index in [9.17, 15) is 9.18 Å². The summed E-state index contributed by atoms with van der Waals surface area (Å²) in [6.07, 6.45) is 0.958. The molecule has 1 saturated heterocycles. The van der Waals surface area contributed by atoms with Crippen molar-refractivity contribution in [3.63, 3.8) is 0 Å². The first-order valence-corrected chi connectivity index (χ1v) is 7.53. The molecule has 0 spiro atoms. The average molecular weight is 293 g/mol. The van der Waals surface area contributed by atoms with Crippen molar-refractivity contribution in [2.75, 3.05) is 25.2 Å². The summed E-state index contributed by atoms with van der Waals surface area (Å²) in [6.45, 7) is -0.292. The molecule has 0 saturated carbocycles. The lowest BCUT2D eigenvalue weighted by atomic mass is 10.1. The first-order chi connectivity index (χ1) is 9.63. The quantitative estimate of drug-likeness (QED) is 0.845. The van der Waals surface area contributed by atoms with Crippen molar-refractivity contribution >= 4 is 17.7 Å². The Morgan fingerprint density at radius 2 is 2.40 bits per heavy atom. The van der Waals surface area contributed by atoms with Gasteiger partial charge in [0.2, 0.25) is 0 Å².